The number of amides is 2. The molecule has 1 heterocycles. The molecule has 0 aromatic heterocycles. The topological polar surface area (TPSA) is 92.7 Å². The molecule has 2 amide bonds. The second kappa shape index (κ2) is 10.3. The van der Waals surface area contributed by atoms with E-state index in [1.807, 2.05) is 30.3 Å². The van der Waals surface area contributed by atoms with Gasteiger partial charge in [-0.25, -0.2) is 0 Å². The van der Waals surface area contributed by atoms with Crippen molar-refractivity contribution in [2.45, 2.75) is 31.8 Å². The van der Waals surface area contributed by atoms with Gasteiger partial charge in [0, 0.05) is 38.6 Å². The molecule has 0 bridgehead atoms. The smallest absolute Gasteiger partial charge is 0.237 e. The molecule has 7 heteroatoms. The number of carbonyl (C=O) groups excluding carboxylic acids is 2. The lowest BCUT2D eigenvalue weighted by Crippen LogP contribution is -2.46. The summed E-state index contributed by atoms with van der Waals surface area (Å²) in [6.45, 7) is 2.93. The minimum absolute atomic E-state index is 0. The molecule has 1 fully saturated rings. The number of hydrogen-bond acceptors (Lipinski definition) is 4. The Morgan fingerprint density at radius 1 is 1.17 bits per heavy atom. The van der Waals surface area contributed by atoms with E-state index in [1.54, 1.807) is 4.90 Å². The molecule has 2 rings (SSSR count). The maximum atomic E-state index is 12.6. The van der Waals surface area contributed by atoms with Crippen LogP contribution in [0.1, 0.15) is 24.8 Å². The average Bonchev–Trinajstić information content (AvgIpc) is 2.54. The van der Waals surface area contributed by atoms with Gasteiger partial charge in [-0.15, -0.1) is 12.4 Å². The second-order valence-corrected chi connectivity index (χ2v) is 6.13. The van der Waals surface area contributed by atoms with Crippen LogP contribution in [0, 0.1) is 0 Å². The Morgan fingerprint density at radius 2 is 1.79 bits per heavy atom. The average molecular weight is 355 g/mol. The number of primary amides is 1. The van der Waals surface area contributed by atoms with Crippen molar-refractivity contribution < 1.29 is 9.59 Å². The number of carbonyl (C=O) groups is 2. The van der Waals surface area contributed by atoms with Crippen molar-refractivity contribution in [3.63, 3.8) is 0 Å². The molecule has 0 atom stereocenters. The Hall–Kier alpha value is -1.63. The lowest BCUT2D eigenvalue weighted by molar-refractivity contribution is -0.133. The molecule has 134 valence electrons. The first kappa shape index (κ1) is 20.4. The minimum atomic E-state index is -0.389. The van der Waals surface area contributed by atoms with Crippen LogP contribution in [-0.2, 0) is 16.1 Å². The van der Waals surface area contributed by atoms with Crippen LogP contribution in [0.4, 0.5) is 0 Å². The summed E-state index contributed by atoms with van der Waals surface area (Å²) in [7, 11) is 0. The summed E-state index contributed by atoms with van der Waals surface area (Å²) in [5, 5.41) is 0. The zero-order valence-electron chi connectivity index (χ0n) is 13.9. The van der Waals surface area contributed by atoms with Gasteiger partial charge in [-0.3, -0.25) is 14.5 Å². The zero-order chi connectivity index (χ0) is 16.7. The standard InChI is InChI=1S/C17H26N4O2.ClH/c18-15-6-9-20(10-7-15)13-17(23)21(11-8-16(19)22)12-14-4-2-1-3-5-14;/h1-5,15H,6-13,18H2,(H2,19,22);1H. The molecule has 4 N–H and O–H groups in total. The summed E-state index contributed by atoms with van der Waals surface area (Å²) in [6.07, 6.45) is 2.03. The summed E-state index contributed by atoms with van der Waals surface area (Å²) in [6, 6.07) is 10.0. The lowest BCUT2D eigenvalue weighted by Gasteiger charge is -2.31. The molecule has 0 spiro atoms. The maximum Gasteiger partial charge on any atom is 0.237 e. The van der Waals surface area contributed by atoms with E-state index in [2.05, 4.69) is 4.90 Å². The van der Waals surface area contributed by atoms with Crippen molar-refractivity contribution >= 4 is 24.2 Å². The van der Waals surface area contributed by atoms with E-state index in [0.717, 1.165) is 31.5 Å². The third-order valence-corrected chi connectivity index (χ3v) is 4.19. The Labute approximate surface area is 149 Å². The summed E-state index contributed by atoms with van der Waals surface area (Å²) < 4.78 is 0. The van der Waals surface area contributed by atoms with Gasteiger partial charge < -0.3 is 16.4 Å². The zero-order valence-corrected chi connectivity index (χ0v) is 14.7. The predicted molar refractivity (Wildman–Crippen MR) is 96.6 cm³/mol. The highest BCUT2D eigenvalue weighted by Crippen LogP contribution is 2.10. The van der Waals surface area contributed by atoms with E-state index in [-0.39, 0.29) is 36.7 Å². The Kier molecular flexibility index (Phi) is 8.74. The summed E-state index contributed by atoms with van der Waals surface area (Å²) in [4.78, 5) is 27.5. The van der Waals surface area contributed by atoms with Gasteiger partial charge in [0.15, 0.2) is 0 Å². The lowest BCUT2D eigenvalue weighted by atomic mass is 10.1. The monoisotopic (exact) mass is 354 g/mol. The summed E-state index contributed by atoms with van der Waals surface area (Å²) in [5.74, 6) is -0.356. The summed E-state index contributed by atoms with van der Waals surface area (Å²) in [5.41, 5.74) is 12.2. The van der Waals surface area contributed by atoms with Crippen LogP contribution in [0.3, 0.4) is 0 Å². The molecule has 0 saturated carbocycles. The SMILES string of the molecule is Cl.NC(=O)CCN(Cc1ccccc1)C(=O)CN1CCC(N)CC1. The number of benzene rings is 1. The number of halogens is 1. The first-order valence-corrected chi connectivity index (χ1v) is 8.12. The van der Waals surface area contributed by atoms with Gasteiger partial charge in [0.2, 0.25) is 11.8 Å². The normalized spacial score (nSPS) is 15.5. The Morgan fingerprint density at radius 3 is 2.38 bits per heavy atom. The van der Waals surface area contributed by atoms with Crippen LogP contribution >= 0.6 is 12.4 Å². The van der Waals surface area contributed by atoms with E-state index in [1.165, 1.54) is 0 Å². The van der Waals surface area contributed by atoms with Gasteiger partial charge in [0.25, 0.3) is 0 Å². The number of piperidine rings is 1. The summed E-state index contributed by atoms with van der Waals surface area (Å²) >= 11 is 0. The molecule has 24 heavy (non-hydrogen) atoms. The first-order chi connectivity index (χ1) is 11.0. The molecule has 1 saturated heterocycles. The molecule has 6 nitrogen and oxygen atoms in total. The fraction of sp³-hybridized carbons (Fsp3) is 0.529. The Bertz CT molecular complexity index is 519. The Balaban J connectivity index is 0.00000288. The number of nitrogens with two attached hydrogens (primary N) is 2. The molecule has 0 unspecified atom stereocenters. The van der Waals surface area contributed by atoms with E-state index < -0.39 is 0 Å². The van der Waals surface area contributed by atoms with E-state index in [9.17, 15) is 9.59 Å². The van der Waals surface area contributed by atoms with Crippen LogP contribution in [0.15, 0.2) is 30.3 Å². The van der Waals surface area contributed by atoms with Crippen molar-refractivity contribution in [3.8, 4) is 0 Å². The first-order valence-electron chi connectivity index (χ1n) is 8.12. The van der Waals surface area contributed by atoms with Crippen LogP contribution in [0.25, 0.3) is 0 Å². The van der Waals surface area contributed by atoms with Gasteiger partial charge in [0.05, 0.1) is 6.54 Å². The van der Waals surface area contributed by atoms with Crippen molar-refractivity contribution in [2.75, 3.05) is 26.2 Å². The van der Waals surface area contributed by atoms with Crippen LogP contribution < -0.4 is 11.5 Å². The molecular weight excluding hydrogens is 328 g/mol. The van der Waals surface area contributed by atoms with Crippen molar-refractivity contribution in [1.29, 1.82) is 0 Å². The van der Waals surface area contributed by atoms with Crippen molar-refractivity contribution in [3.05, 3.63) is 35.9 Å². The van der Waals surface area contributed by atoms with Gasteiger partial charge in [-0.05, 0) is 18.4 Å². The highest BCUT2D eigenvalue weighted by molar-refractivity contribution is 5.85. The third-order valence-electron chi connectivity index (χ3n) is 4.19. The number of rotatable bonds is 7. The number of hydrogen-bond donors (Lipinski definition) is 2. The maximum absolute atomic E-state index is 12.6. The molecule has 1 aliphatic heterocycles. The van der Waals surface area contributed by atoms with Crippen molar-refractivity contribution in [1.82, 2.24) is 9.80 Å². The van der Waals surface area contributed by atoms with Gasteiger partial charge in [0.1, 0.15) is 0 Å². The highest BCUT2D eigenvalue weighted by Gasteiger charge is 2.21. The minimum Gasteiger partial charge on any atom is -0.370 e. The molecule has 1 aromatic rings. The highest BCUT2D eigenvalue weighted by atomic mass is 35.5. The fourth-order valence-electron chi connectivity index (χ4n) is 2.74. The predicted octanol–water partition coefficient (Wildman–Crippen LogP) is 0.736. The van der Waals surface area contributed by atoms with Gasteiger partial charge in [-0.1, -0.05) is 30.3 Å². The molecule has 0 aliphatic carbocycles. The van der Waals surface area contributed by atoms with Crippen LogP contribution in [-0.4, -0.2) is 53.8 Å². The van der Waals surface area contributed by atoms with Crippen LogP contribution in [0.2, 0.25) is 0 Å². The van der Waals surface area contributed by atoms with Crippen LogP contribution in [0.5, 0.6) is 0 Å². The van der Waals surface area contributed by atoms with E-state index in [4.69, 9.17) is 11.5 Å². The number of nitrogens with zero attached hydrogens (tertiary/aromatic N) is 2. The second-order valence-electron chi connectivity index (χ2n) is 6.13. The fourth-order valence-corrected chi connectivity index (χ4v) is 2.74. The van der Waals surface area contributed by atoms with Crippen molar-refractivity contribution in [2.24, 2.45) is 11.5 Å². The molecule has 1 aromatic carbocycles. The number of likely N-dealkylation sites (tertiary alicyclic amines) is 1. The molecule has 0 radical (unpaired) electrons. The quantitative estimate of drug-likeness (QED) is 0.755. The molecular formula is C17H27ClN4O2. The van der Waals surface area contributed by atoms with E-state index in [0.29, 0.717) is 19.6 Å². The van der Waals surface area contributed by atoms with Gasteiger partial charge >= 0.3 is 0 Å². The van der Waals surface area contributed by atoms with Gasteiger partial charge in [-0.2, -0.15) is 0 Å². The third kappa shape index (κ3) is 6.86. The van der Waals surface area contributed by atoms with E-state index >= 15 is 0 Å². The largest absolute Gasteiger partial charge is 0.370 e. The molecule has 1 aliphatic rings.